The van der Waals surface area contributed by atoms with Crippen molar-refractivity contribution >= 4 is 16.8 Å². The summed E-state index contributed by atoms with van der Waals surface area (Å²) in [4.78, 5) is 15.4. The third kappa shape index (κ3) is 3.21. The van der Waals surface area contributed by atoms with Crippen molar-refractivity contribution in [1.29, 1.82) is 0 Å². The highest BCUT2D eigenvalue weighted by Crippen LogP contribution is 2.41. The quantitative estimate of drug-likeness (QED) is 0.437. The summed E-state index contributed by atoms with van der Waals surface area (Å²) in [7, 11) is 5.33. The maximum Gasteiger partial charge on any atom is 0.255 e. The van der Waals surface area contributed by atoms with E-state index >= 15 is 0 Å². The normalized spacial score (nSPS) is 15.3. The van der Waals surface area contributed by atoms with Crippen LogP contribution >= 0.6 is 0 Å². The van der Waals surface area contributed by atoms with Crippen LogP contribution < -0.4 is 9.47 Å². The number of benzene rings is 3. The molecule has 0 aliphatic carbocycles. The van der Waals surface area contributed by atoms with E-state index in [2.05, 4.69) is 48.1 Å². The number of aromatic nitrogens is 1. The third-order valence-electron chi connectivity index (χ3n) is 6.37. The first-order valence-corrected chi connectivity index (χ1v) is 10.8. The molecule has 3 aromatic carbocycles. The highest BCUT2D eigenvalue weighted by atomic mass is 16.5. The molecule has 5 nitrogen and oxygen atoms in total. The number of hydrogen-bond donors (Lipinski definition) is 0. The third-order valence-corrected chi connectivity index (χ3v) is 6.37. The van der Waals surface area contributed by atoms with E-state index in [1.807, 2.05) is 41.3 Å². The number of para-hydroxylation sites is 1. The molecule has 1 aliphatic rings. The monoisotopic (exact) mass is 426 g/mol. The Bertz CT molecular complexity index is 1310. The number of amides is 1. The van der Waals surface area contributed by atoms with Crippen molar-refractivity contribution in [3.63, 3.8) is 0 Å². The molecule has 0 saturated heterocycles. The standard InChI is InChI=1S/C27H26N2O3/c1-28-17-22(19-8-6-7-11-23(19)28)26-20-9-4-5-10-21(20)27(30)29(26)15-14-18-12-13-24(31-2)25(16-18)32-3/h4-13,16-17,26H,14-15H2,1-3H3/t26-/m1/s1. The molecule has 1 aromatic heterocycles. The molecule has 32 heavy (non-hydrogen) atoms. The van der Waals surface area contributed by atoms with Crippen LogP contribution in [-0.4, -0.2) is 36.1 Å². The van der Waals surface area contributed by atoms with Crippen LogP contribution in [0.15, 0.2) is 72.9 Å². The maximum absolute atomic E-state index is 13.4. The Labute approximate surface area is 187 Å². The minimum Gasteiger partial charge on any atom is -0.493 e. The molecule has 5 rings (SSSR count). The van der Waals surface area contributed by atoms with Crippen molar-refractivity contribution in [2.45, 2.75) is 12.5 Å². The summed E-state index contributed by atoms with van der Waals surface area (Å²) in [5.41, 5.74) is 5.29. The number of carbonyl (C=O) groups is 1. The molecule has 162 valence electrons. The van der Waals surface area contributed by atoms with Crippen LogP contribution in [0.25, 0.3) is 10.9 Å². The van der Waals surface area contributed by atoms with Gasteiger partial charge in [-0.2, -0.15) is 0 Å². The smallest absolute Gasteiger partial charge is 0.255 e. The molecule has 5 heteroatoms. The van der Waals surface area contributed by atoms with Crippen LogP contribution in [-0.2, 0) is 13.5 Å². The molecule has 0 radical (unpaired) electrons. The fourth-order valence-electron chi connectivity index (χ4n) is 4.81. The van der Waals surface area contributed by atoms with Crippen LogP contribution in [0.5, 0.6) is 11.5 Å². The Morgan fingerprint density at radius 1 is 0.875 bits per heavy atom. The summed E-state index contributed by atoms with van der Waals surface area (Å²) < 4.78 is 12.9. The number of hydrogen-bond acceptors (Lipinski definition) is 3. The van der Waals surface area contributed by atoms with Crippen molar-refractivity contribution in [3.05, 3.63) is 95.2 Å². The Kier molecular flexibility index (Phi) is 5.10. The minimum absolute atomic E-state index is 0.0824. The van der Waals surface area contributed by atoms with Gasteiger partial charge in [0.2, 0.25) is 0 Å². The summed E-state index contributed by atoms with van der Waals surface area (Å²) in [5, 5.41) is 1.18. The number of rotatable bonds is 6. The van der Waals surface area contributed by atoms with Crippen molar-refractivity contribution in [3.8, 4) is 11.5 Å². The van der Waals surface area contributed by atoms with E-state index < -0.39 is 0 Å². The number of nitrogens with zero attached hydrogens (tertiary/aromatic N) is 2. The lowest BCUT2D eigenvalue weighted by atomic mass is 9.97. The van der Waals surface area contributed by atoms with Crippen LogP contribution in [0, 0.1) is 0 Å². The minimum atomic E-state index is -0.107. The SMILES string of the molecule is COc1ccc(CCN2C(=O)c3ccccc3[C@@H]2c2cn(C)c3ccccc23)cc1OC. The molecule has 0 spiro atoms. The second-order valence-electron chi connectivity index (χ2n) is 8.14. The topological polar surface area (TPSA) is 43.7 Å². The molecular weight excluding hydrogens is 400 g/mol. The van der Waals surface area contributed by atoms with Gasteiger partial charge in [0.25, 0.3) is 5.91 Å². The molecule has 2 heterocycles. The number of fused-ring (bicyclic) bond motifs is 2. The summed E-state index contributed by atoms with van der Waals surface area (Å²) in [6.07, 6.45) is 2.88. The van der Waals surface area contributed by atoms with Gasteiger partial charge in [0.15, 0.2) is 11.5 Å². The number of carbonyl (C=O) groups excluding carboxylic acids is 1. The van der Waals surface area contributed by atoms with Crippen molar-refractivity contribution in [2.75, 3.05) is 20.8 Å². The summed E-state index contributed by atoms with van der Waals surface area (Å²) in [6.45, 7) is 0.608. The summed E-state index contributed by atoms with van der Waals surface area (Å²) in [6, 6.07) is 22.2. The van der Waals surface area contributed by atoms with E-state index in [9.17, 15) is 4.79 Å². The van der Waals surface area contributed by atoms with Gasteiger partial charge >= 0.3 is 0 Å². The average Bonchev–Trinajstić information content (AvgIpc) is 3.31. The summed E-state index contributed by atoms with van der Waals surface area (Å²) >= 11 is 0. The predicted octanol–water partition coefficient (Wildman–Crippen LogP) is 4.98. The first kappa shape index (κ1) is 20.2. The fourth-order valence-corrected chi connectivity index (χ4v) is 4.81. The molecule has 4 aromatic rings. The first-order valence-electron chi connectivity index (χ1n) is 10.8. The van der Waals surface area contributed by atoms with E-state index in [1.54, 1.807) is 14.2 Å². The van der Waals surface area contributed by atoms with Crippen LogP contribution in [0.4, 0.5) is 0 Å². The lowest BCUT2D eigenvalue weighted by molar-refractivity contribution is 0.0752. The molecule has 1 atom stereocenters. The highest BCUT2D eigenvalue weighted by molar-refractivity contribution is 6.00. The van der Waals surface area contributed by atoms with Crippen molar-refractivity contribution in [2.24, 2.45) is 7.05 Å². The predicted molar refractivity (Wildman–Crippen MR) is 125 cm³/mol. The molecule has 1 aliphatic heterocycles. The Morgan fingerprint density at radius 2 is 1.62 bits per heavy atom. The molecule has 0 unspecified atom stereocenters. The van der Waals surface area contributed by atoms with Gasteiger partial charge in [-0.3, -0.25) is 4.79 Å². The lowest BCUT2D eigenvalue weighted by Gasteiger charge is -2.25. The average molecular weight is 427 g/mol. The second-order valence-corrected chi connectivity index (χ2v) is 8.14. The van der Waals surface area contributed by atoms with Gasteiger partial charge < -0.3 is 18.9 Å². The van der Waals surface area contributed by atoms with Gasteiger partial charge in [-0.1, -0.05) is 42.5 Å². The van der Waals surface area contributed by atoms with Crippen molar-refractivity contribution in [1.82, 2.24) is 9.47 Å². The number of ether oxygens (including phenoxy) is 2. The van der Waals surface area contributed by atoms with Gasteiger partial charge in [0.1, 0.15) is 0 Å². The van der Waals surface area contributed by atoms with Gasteiger partial charge in [0, 0.05) is 41.8 Å². The van der Waals surface area contributed by atoms with Crippen LogP contribution in [0.3, 0.4) is 0 Å². The Balaban J connectivity index is 1.53. The lowest BCUT2D eigenvalue weighted by Crippen LogP contribution is -2.30. The van der Waals surface area contributed by atoms with Crippen molar-refractivity contribution < 1.29 is 14.3 Å². The summed E-state index contributed by atoms with van der Waals surface area (Å²) in [5.74, 6) is 1.49. The van der Waals surface area contributed by atoms with E-state index in [-0.39, 0.29) is 11.9 Å². The molecular formula is C27H26N2O3. The molecule has 1 amide bonds. The maximum atomic E-state index is 13.4. The van der Waals surface area contributed by atoms with Gasteiger partial charge in [-0.05, 0) is 41.8 Å². The van der Waals surface area contributed by atoms with E-state index in [0.717, 1.165) is 28.7 Å². The van der Waals surface area contributed by atoms with Gasteiger partial charge in [-0.25, -0.2) is 0 Å². The molecule has 0 saturated carbocycles. The van der Waals surface area contributed by atoms with Gasteiger partial charge in [-0.15, -0.1) is 0 Å². The first-order chi connectivity index (χ1) is 15.6. The van der Waals surface area contributed by atoms with E-state index in [0.29, 0.717) is 18.0 Å². The highest BCUT2D eigenvalue weighted by Gasteiger charge is 2.38. The zero-order chi connectivity index (χ0) is 22.2. The fraction of sp³-hybridized carbons (Fsp3) is 0.222. The second kappa shape index (κ2) is 8.08. The Hall–Kier alpha value is -3.73. The van der Waals surface area contributed by atoms with Crippen LogP contribution in [0.1, 0.15) is 33.1 Å². The van der Waals surface area contributed by atoms with E-state index in [4.69, 9.17) is 9.47 Å². The Morgan fingerprint density at radius 3 is 2.44 bits per heavy atom. The molecule has 0 N–H and O–H groups in total. The zero-order valence-electron chi connectivity index (χ0n) is 18.5. The largest absolute Gasteiger partial charge is 0.493 e. The number of methoxy groups -OCH3 is 2. The van der Waals surface area contributed by atoms with Gasteiger partial charge in [0.05, 0.1) is 20.3 Å². The number of aryl methyl sites for hydroxylation is 1. The molecule has 0 bridgehead atoms. The molecule has 0 fully saturated rings. The van der Waals surface area contributed by atoms with Crippen LogP contribution in [0.2, 0.25) is 0 Å². The zero-order valence-corrected chi connectivity index (χ0v) is 18.5. The van der Waals surface area contributed by atoms with E-state index in [1.165, 1.54) is 10.9 Å².